The van der Waals surface area contributed by atoms with Crippen molar-refractivity contribution in [1.82, 2.24) is 14.9 Å². The number of ether oxygens (including phenoxy) is 3. The third-order valence-electron chi connectivity index (χ3n) is 5.64. The van der Waals surface area contributed by atoms with Crippen LogP contribution in [0.3, 0.4) is 0 Å². The smallest absolute Gasteiger partial charge is 0.162 e. The third-order valence-corrected chi connectivity index (χ3v) is 6.84. The van der Waals surface area contributed by atoms with Crippen molar-refractivity contribution < 1.29 is 14.2 Å². The van der Waals surface area contributed by atoms with E-state index in [9.17, 15) is 0 Å². The molecular formula is C25H26N4O3S. The van der Waals surface area contributed by atoms with Gasteiger partial charge in [-0.1, -0.05) is 12.1 Å². The number of anilines is 1. The van der Waals surface area contributed by atoms with Crippen molar-refractivity contribution in [3.05, 3.63) is 54.6 Å². The molecule has 1 aliphatic heterocycles. The van der Waals surface area contributed by atoms with Crippen LogP contribution in [0.4, 0.5) is 5.82 Å². The molecule has 1 fully saturated rings. The molecule has 1 saturated heterocycles. The fourth-order valence-corrected chi connectivity index (χ4v) is 4.82. The Morgan fingerprint density at radius 3 is 2.61 bits per heavy atom. The van der Waals surface area contributed by atoms with E-state index in [1.54, 1.807) is 18.4 Å². The number of hydrogen-bond acceptors (Lipinski definition) is 8. The van der Waals surface area contributed by atoms with E-state index in [2.05, 4.69) is 28.1 Å². The molecule has 2 N–H and O–H groups in total. The average Bonchev–Trinajstić information content (AvgIpc) is 3.30. The lowest BCUT2D eigenvalue weighted by Crippen LogP contribution is -2.38. The Hall–Kier alpha value is -3.20. The number of methoxy groups -OCH3 is 1. The number of fused-ring (bicyclic) bond motifs is 1. The Morgan fingerprint density at radius 2 is 1.82 bits per heavy atom. The molecule has 0 radical (unpaired) electrons. The summed E-state index contributed by atoms with van der Waals surface area (Å²) >= 11 is 1.60. The Balaban J connectivity index is 1.31. The summed E-state index contributed by atoms with van der Waals surface area (Å²) in [7, 11) is 1.64. The van der Waals surface area contributed by atoms with Crippen LogP contribution in [0.5, 0.6) is 11.5 Å². The van der Waals surface area contributed by atoms with Crippen molar-refractivity contribution >= 4 is 27.4 Å². The molecule has 0 unspecified atom stereocenters. The minimum Gasteiger partial charge on any atom is -0.497 e. The number of nitrogens with two attached hydrogens (primary N) is 1. The second kappa shape index (κ2) is 9.74. The predicted molar refractivity (Wildman–Crippen MR) is 132 cm³/mol. The molecule has 2 aromatic carbocycles. The SMILES string of the molecule is COc1cccc(-c2nc(N)c3sc(-c4ccc(OCCN5CCOCC5)cc4)cc3n2)c1. The summed E-state index contributed by atoms with van der Waals surface area (Å²) in [4.78, 5) is 12.7. The summed E-state index contributed by atoms with van der Waals surface area (Å²) in [5, 5.41) is 0. The zero-order valence-electron chi connectivity index (χ0n) is 18.5. The first-order valence-corrected chi connectivity index (χ1v) is 11.8. The quantitative estimate of drug-likeness (QED) is 0.438. The maximum Gasteiger partial charge on any atom is 0.162 e. The highest BCUT2D eigenvalue weighted by atomic mass is 32.1. The van der Waals surface area contributed by atoms with E-state index in [-0.39, 0.29) is 0 Å². The molecule has 5 rings (SSSR count). The van der Waals surface area contributed by atoms with E-state index in [0.29, 0.717) is 18.2 Å². The van der Waals surface area contributed by atoms with Crippen molar-refractivity contribution in [3.63, 3.8) is 0 Å². The van der Waals surface area contributed by atoms with Gasteiger partial charge in [0.1, 0.15) is 23.9 Å². The summed E-state index contributed by atoms with van der Waals surface area (Å²) in [6.07, 6.45) is 0. The highest BCUT2D eigenvalue weighted by molar-refractivity contribution is 7.22. The van der Waals surface area contributed by atoms with Crippen LogP contribution in [-0.4, -0.2) is 61.4 Å². The number of aromatic nitrogens is 2. The number of nitrogen functional groups attached to an aromatic ring is 1. The third kappa shape index (κ3) is 4.93. The van der Waals surface area contributed by atoms with Crippen molar-refractivity contribution in [3.8, 4) is 33.3 Å². The second-order valence-corrected chi connectivity index (χ2v) is 8.87. The first-order chi connectivity index (χ1) is 16.2. The zero-order chi connectivity index (χ0) is 22.6. The molecule has 0 aliphatic carbocycles. The van der Waals surface area contributed by atoms with Gasteiger partial charge in [0.05, 0.1) is 30.5 Å². The molecule has 33 heavy (non-hydrogen) atoms. The van der Waals surface area contributed by atoms with Gasteiger partial charge in [0.15, 0.2) is 5.82 Å². The summed E-state index contributed by atoms with van der Waals surface area (Å²) in [6.45, 7) is 5.13. The molecule has 4 aromatic rings. The fourth-order valence-electron chi connectivity index (χ4n) is 3.82. The number of morpholine rings is 1. The van der Waals surface area contributed by atoms with Gasteiger partial charge in [0.25, 0.3) is 0 Å². The van der Waals surface area contributed by atoms with Crippen LogP contribution in [0.25, 0.3) is 32.0 Å². The summed E-state index contributed by atoms with van der Waals surface area (Å²) in [5.74, 6) is 2.70. The van der Waals surface area contributed by atoms with Crippen molar-refractivity contribution in [2.45, 2.75) is 0 Å². The number of hydrogen-bond donors (Lipinski definition) is 1. The summed E-state index contributed by atoms with van der Waals surface area (Å²) in [6, 6.07) is 17.9. The first kappa shape index (κ1) is 21.6. The molecule has 0 atom stereocenters. The van der Waals surface area contributed by atoms with Gasteiger partial charge in [0, 0.05) is 30.1 Å². The van der Waals surface area contributed by atoms with Crippen LogP contribution in [0.2, 0.25) is 0 Å². The normalized spacial score (nSPS) is 14.5. The minimum atomic E-state index is 0.483. The van der Waals surface area contributed by atoms with Crippen molar-refractivity contribution in [2.24, 2.45) is 0 Å². The minimum absolute atomic E-state index is 0.483. The number of benzene rings is 2. The highest BCUT2D eigenvalue weighted by Gasteiger charge is 2.13. The van der Waals surface area contributed by atoms with Gasteiger partial charge in [-0.2, -0.15) is 0 Å². The fraction of sp³-hybridized carbons (Fsp3) is 0.280. The van der Waals surface area contributed by atoms with Gasteiger partial charge in [0.2, 0.25) is 0 Å². The van der Waals surface area contributed by atoms with Gasteiger partial charge in [-0.05, 0) is 48.0 Å². The molecule has 3 heterocycles. The van der Waals surface area contributed by atoms with E-state index in [0.717, 1.165) is 70.6 Å². The molecule has 7 nitrogen and oxygen atoms in total. The topological polar surface area (TPSA) is 82.7 Å². The van der Waals surface area contributed by atoms with Gasteiger partial charge < -0.3 is 19.9 Å². The lowest BCUT2D eigenvalue weighted by atomic mass is 10.1. The van der Waals surface area contributed by atoms with Crippen LogP contribution >= 0.6 is 11.3 Å². The van der Waals surface area contributed by atoms with Crippen LogP contribution in [0.1, 0.15) is 0 Å². The first-order valence-electron chi connectivity index (χ1n) is 10.9. The average molecular weight is 463 g/mol. The molecule has 2 aromatic heterocycles. The van der Waals surface area contributed by atoms with Crippen molar-refractivity contribution in [1.29, 1.82) is 0 Å². The number of thiophene rings is 1. The van der Waals surface area contributed by atoms with Gasteiger partial charge in [-0.3, -0.25) is 4.90 Å². The maximum atomic E-state index is 6.29. The highest BCUT2D eigenvalue weighted by Crippen LogP contribution is 2.37. The molecular weight excluding hydrogens is 436 g/mol. The zero-order valence-corrected chi connectivity index (χ0v) is 19.3. The molecule has 0 saturated carbocycles. The Bertz CT molecular complexity index is 1240. The molecule has 0 bridgehead atoms. The van der Waals surface area contributed by atoms with Crippen LogP contribution in [-0.2, 0) is 4.74 Å². The van der Waals surface area contributed by atoms with Crippen LogP contribution in [0.15, 0.2) is 54.6 Å². The molecule has 1 aliphatic rings. The molecule has 0 amide bonds. The van der Waals surface area contributed by atoms with Gasteiger partial charge >= 0.3 is 0 Å². The lowest BCUT2D eigenvalue weighted by molar-refractivity contribution is 0.0322. The Morgan fingerprint density at radius 1 is 1.00 bits per heavy atom. The number of nitrogens with zero attached hydrogens (tertiary/aromatic N) is 3. The van der Waals surface area contributed by atoms with Gasteiger partial charge in [-0.15, -0.1) is 11.3 Å². The Labute approximate surface area is 196 Å². The van der Waals surface area contributed by atoms with Gasteiger partial charge in [-0.25, -0.2) is 9.97 Å². The standard InChI is InChI=1S/C25H26N4O3S/c1-30-20-4-2-3-18(15-20)25-27-21-16-22(33-23(21)24(26)28-25)17-5-7-19(8-6-17)32-14-11-29-9-12-31-13-10-29/h2-8,15-16H,9-14H2,1H3,(H2,26,27,28). The molecule has 170 valence electrons. The van der Waals surface area contributed by atoms with E-state index < -0.39 is 0 Å². The monoisotopic (exact) mass is 462 g/mol. The second-order valence-electron chi connectivity index (χ2n) is 7.82. The summed E-state index contributed by atoms with van der Waals surface area (Å²) < 4.78 is 17.5. The van der Waals surface area contributed by atoms with E-state index in [1.165, 1.54) is 0 Å². The molecule has 8 heteroatoms. The lowest BCUT2D eigenvalue weighted by Gasteiger charge is -2.26. The maximum absolute atomic E-state index is 6.29. The van der Waals surface area contributed by atoms with E-state index >= 15 is 0 Å². The molecule has 0 spiro atoms. The van der Waals surface area contributed by atoms with E-state index in [4.69, 9.17) is 24.9 Å². The number of rotatable bonds is 7. The van der Waals surface area contributed by atoms with Crippen molar-refractivity contribution in [2.75, 3.05) is 52.3 Å². The Kier molecular flexibility index (Phi) is 6.39. The predicted octanol–water partition coefficient (Wildman–Crippen LogP) is 4.33. The largest absolute Gasteiger partial charge is 0.497 e. The van der Waals surface area contributed by atoms with Crippen LogP contribution < -0.4 is 15.2 Å². The van der Waals surface area contributed by atoms with E-state index in [1.807, 2.05) is 36.4 Å². The van der Waals surface area contributed by atoms with Crippen LogP contribution in [0, 0.1) is 0 Å². The summed E-state index contributed by atoms with van der Waals surface area (Å²) in [5.41, 5.74) is 9.10.